The molecule has 7 heteroatoms. The Labute approximate surface area is 134 Å². The van der Waals surface area contributed by atoms with Crippen LogP contribution >= 0.6 is 27.5 Å². The van der Waals surface area contributed by atoms with Gasteiger partial charge in [0.15, 0.2) is 0 Å². The number of aromatic nitrogens is 1. The smallest absolute Gasteiger partial charge is 0.259 e. The second-order valence-corrected chi connectivity index (χ2v) is 5.51. The summed E-state index contributed by atoms with van der Waals surface area (Å²) in [5.74, 6) is -0.614. The fraction of sp³-hybridized carbons (Fsp3) is 0.143. The van der Waals surface area contributed by atoms with Gasteiger partial charge in [-0.2, -0.15) is 0 Å². The van der Waals surface area contributed by atoms with E-state index in [1.54, 1.807) is 12.3 Å². The molecule has 2 N–H and O–H groups in total. The summed E-state index contributed by atoms with van der Waals surface area (Å²) in [6.07, 6.45) is 1.58. The Morgan fingerprint density at radius 2 is 2.19 bits per heavy atom. The van der Waals surface area contributed by atoms with Gasteiger partial charge in [-0.25, -0.2) is 9.37 Å². The molecule has 110 valence electrons. The van der Waals surface area contributed by atoms with E-state index in [2.05, 4.69) is 31.5 Å². The van der Waals surface area contributed by atoms with E-state index in [1.807, 2.05) is 6.92 Å². The SMILES string of the molecule is CCNc1ncc(Br)cc1C(=O)Nc1ccc(Cl)cc1F. The first-order valence-corrected chi connectivity index (χ1v) is 7.34. The van der Waals surface area contributed by atoms with Gasteiger partial charge in [-0.15, -0.1) is 0 Å². The number of hydrogen-bond donors (Lipinski definition) is 2. The van der Waals surface area contributed by atoms with Crippen molar-refractivity contribution in [2.45, 2.75) is 6.92 Å². The molecule has 0 atom stereocenters. The van der Waals surface area contributed by atoms with E-state index in [-0.39, 0.29) is 10.7 Å². The molecule has 2 aromatic rings. The van der Waals surface area contributed by atoms with E-state index in [9.17, 15) is 9.18 Å². The number of carbonyl (C=O) groups excluding carboxylic acids is 1. The molecular formula is C14H12BrClFN3O. The van der Waals surface area contributed by atoms with Crippen LogP contribution in [0, 0.1) is 5.82 Å². The maximum absolute atomic E-state index is 13.7. The zero-order valence-corrected chi connectivity index (χ0v) is 13.4. The lowest BCUT2D eigenvalue weighted by Gasteiger charge is -2.11. The third-order valence-electron chi connectivity index (χ3n) is 2.62. The monoisotopic (exact) mass is 371 g/mol. The van der Waals surface area contributed by atoms with Gasteiger partial charge in [0, 0.05) is 22.2 Å². The standard InChI is InChI=1S/C14H12BrClFN3O/c1-2-18-13-10(5-8(15)7-19-13)14(21)20-12-4-3-9(16)6-11(12)17/h3-7H,2H2,1H3,(H,18,19)(H,20,21). The van der Waals surface area contributed by atoms with Crippen LogP contribution in [0.5, 0.6) is 0 Å². The molecule has 21 heavy (non-hydrogen) atoms. The highest BCUT2D eigenvalue weighted by molar-refractivity contribution is 9.10. The van der Waals surface area contributed by atoms with E-state index in [0.717, 1.165) is 6.07 Å². The van der Waals surface area contributed by atoms with Gasteiger partial charge in [-0.3, -0.25) is 4.79 Å². The van der Waals surface area contributed by atoms with Gasteiger partial charge in [0.25, 0.3) is 5.91 Å². The Morgan fingerprint density at radius 3 is 2.86 bits per heavy atom. The van der Waals surface area contributed by atoms with E-state index in [0.29, 0.717) is 22.4 Å². The Bertz CT molecular complexity index is 681. The van der Waals surface area contributed by atoms with Crippen LogP contribution in [0.15, 0.2) is 34.9 Å². The number of nitrogens with zero attached hydrogens (tertiary/aromatic N) is 1. The second kappa shape index (κ2) is 6.87. The Balaban J connectivity index is 2.29. The van der Waals surface area contributed by atoms with Crippen molar-refractivity contribution in [3.63, 3.8) is 0 Å². The second-order valence-electron chi connectivity index (χ2n) is 4.16. The molecular weight excluding hydrogens is 361 g/mol. The molecule has 1 heterocycles. The van der Waals surface area contributed by atoms with Crippen molar-refractivity contribution in [1.82, 2.24) is 4.98 Å². The highest BCUT2D eigenvalue weighted by atomic mass is 79.9. The van der Waals surface area contributed by atoms with Crippen LogP contribution in [0.1, 0.15) is 17.3 Å². The van der Waals surface area contributed by atoms with Crippen molar-refractivity contribution in [1.29, 1.82) is 0 Å². The normalized spacial score (nSPS) is 10.3. The number of rotatable bonds is 4. The van der Waals surface area contributed by atoms with Crippen molar-refractivity contribution in [3.8, 4) is 0 Å². The van der Waals surface area contributed by atoms with E-state index < -0.39 is 11.7 Å². The van der Waals surface area contributed by atoms with Gasteiger partial charge in [0.05, 0.1) is 11.3 Å². The van der Waals surface area contributed by atoms with Crippen LogP contribution in [0.4, 0.5) is 15.9 Å². The lowest BCUT2D eigenvalue weighted by Crippen LogP contribution is -2.16. The molecule has 1 amide bonds. The van der Waals surface area contributed by atoms with Crippen molar-refractivity contribution in [2.75, 3.05) is 17.2 Å². The Kier molecular flexibility index (Phi) is 5.14. The topological polar surface area (TPSA) is 54.0 Å². The molecule has 0 saturated carbocycles. The first-order chi connectivity index (χ1) is 10.0. The Morgan fingerprint density at radius 1 is 1.43 bits per heavy atom. The summed E-state index contributed by atoms with van der Waals surface area (Å²) in [6.45, 7) is 2.51. The van der Waals surface area contributed by atoms with Crippen molar-refractivity contribution < 1.29 is 9.18 Å². The molecule has 0 unspecified atom stereocenters. The number of amides is 1. The number of benzene rings is 1. The third kappa shape index (κ3) is 3.92. The minimum atomic E-state index is -0.594. The minimum Gasteiger partial charge on any atom is -0.370 e. The fourth-order valence-electron chi connectivity index (χ4n) is 1.70. The van der Waals surface area contributed by atoms with Crippen molar-refractivity contribution in [2.24, 2.45) is 0 Å². The van der Waals surface area contributed by atoms with Crippen LogP contribution in [-0.4, -0.2) is 17.4 Å². The van der Waals surface area contributed by atoms with Gasteiger partial charge in [-0.1, -0.05) is 11.6 Å². The fourth-order valence-corrected chi connectivity index (χ4v) is 2.19. The van der Waals surface area contributed by atoms with Gasteiger partial charge in [0.1, 0.15) is 11.6 Å². The lowest BCUT2D eigenvalue weighted by atomic mass is 10.2. The number of carbonyl (C=O) groups is 1. The zero-order valence-electron chi connectivity index (χ0n) is 11.1. The van der Waals surface area contributed by atoms with Gasteiger partial charge >= 0.3 is 0 Å². The quantitative estimate of drug-likeness (QED) is 0.840. The van der Waals surface area contributed by atoms with Crippen LogP contribution in [0.2, 0.25) is 5.02 Å². The lowest BCUT2D eigenvalue weighted by molar-refractivity contribution is 0.102. The molecule has 0 fully saturated rings. The van der Waals surface area contributed by atoms with E-state index in [1.165, 1.54) is 12.1 Å². The van der Waals surface area contributed by atoms with Gasteiger partial charge in [-0.05, 0) is 47.1 Å². The summed E-state index contributed by atoms with van der Waals surface area (Å²) in [4.78, 5) is 16.4. The molecule has 0 aliphatic rings. The van der Waals surface area contributed by atoms with Crippen LogP contribution in [0.25, 0.3) is 0 Å². The molecule has 1 aromatic carbocycles. The molecule has 4 nitrogen and oxygen atoms in total. The van der Waals surface area contributed by atoms with E-state index >= 15 is 0 Å². The summed E-state index contributed by atoms with van der Waals surface area (Å²) < 4.78 is 14.4. The number of nitrogens with one attached hydrogen (secondary N) is 2. The van der Waals surface area contributed by atoms with Crippen molar-refractivity contribution >= 4 is 44.9 Å². The summed E-state index contributed by atoms with van der Waals surface area (Å²) in [6, 6.07) is 5.67. The summed E-state index contributed by atoms with van der Waals surface area (Å²) in [5, 5.41) is 5.76. The molecule has 0 saturated heterocycles. The van der Waals surface area contributed by atoms with Crippen LogP contribution in [-0.2, 0) is 0 Å². The molecule has 0 aliphatic carbocycles. The molecule has 0 spiro atoms. The Hall–Kier alpha value is -1.66. The highest BCUT2D eigenvalue weighted by Crippen LogP contribution is 2.22. The van der Waals surface area contributed by atoms with Crippen LogP contribution in [0.3, 0.4) is 0 Å². The summed E-state index contributed by atoms with van der Waals surface area (Å²) in [7, 11) is 0. The third-order valence-corrected chi connectivity index (χ3v) is 3.29. The van der Waals surface area contributed by atoms with Gasteiger partial charge < -0.3 is 10.6 Å². The maximum atomic E-state index is 13.7. The molecule has 1 aromatic heterocycles. The number of halogens is 3. The van der Waals surface area contributed by atoms with E-state index in [4.69, 9.17) is 11.6 Å². The molecule has 0 bridgehead atoms. The average Bonchev–Trinajstić information content (AvgIpc) is 2.44. The average molecular weight is 373 g/mol. The first kappa shape index (κ1) is 15.7. The predicted molar refractivity (Wildman–Crippen MR) is 85.5 cm³/mol. The maximum Gasteiger partial charge on any atom is 0.259 e. The largest absolute Gasteiger partial charge is 0.370 e. The summed E-state index contributed by atoms with van der Waals surface area (Å²) in [5.41, 5.74) is 0.382. The van der Waals surface area contributed by atoms with Crippen molar-refractivity contribution in [3.05, 3.63) is 51.3 Å². The highest BCUT2D eigenvalue weighted by Gasteiger charge is 2.15. The molecule has 0 aliphatic heterocycles. The molecule has 0 radical (unpaired) electrons. The first-order valence-electron chi connectivity index (χ1n) is 6.17. The summed E-state index contributed by atoms with van der Waals surface area (Å²) >= 11 is 8.94. The number of hydrogen-bond acceptors (Lipinski definition) is 3. The number of anilines is 2. The predicted octanol–water partition coefficient (Wildman–Crippen LogP) is 4.32. The minimum absolute atomic E-state index is 0.0619. The number of pyridine rings is 1. The van der Waals surface area contributed by atoms with Gasteiger partial charge in [0.2, 0.25) is 0 Å². The molecule has 2 rings (SSSR count). The zero-order chi connectivity index (χ0) is 15.4. The van der Waals surface area contributed by atoms with Crippen LogP contribution < -0.4 is 10.6 Å².